The Morgan fingerprint density at radius 1 is 0.319 bits per heavy atom. The lowest BCUT2D eigenvalue weighted by molar-refractivity contribution is -0.115. The van der Waals surface area contributed by atoms with E-state index in [0.29, 0.717) is 111 Å². The van der Waals surface area contributed by atoms with E-state index >= 15 is 0 Å². The van der Waals surface area contributed by atoms with Gasteiger partial charge in [0.15, 0.2) is 11.5 Å². The molecule has 11 aliphatic heterocycles. The molecule has 28 rings (SSSR count). The number of aliphatic imine (C=N–C) groups is 1. The summed E-state index contributed by atoms with van der Waals surface area (Å²) in [6, 6.07) is 45.1. The van der Waals surface area contributed by atoms with Crippen LogP contribution in [-0.2, 0) is 14.4 Å². The van der Waals surface area contributed by atoms with Crippen LogP contribution in [0.4, 0.5) is 22.7 Å². The molecule has 8 saturated heterocycles. The molecule has 8 saturated carbocycles. The number of nitrogens with one attached hydrogen (secondary N) is 3. The highest BCUT2D eigenvalue weighted by Crippen LogP contribution is 2.55. The first-order chi connectivity index (χ1) is 70.6. The van der Waals surface area contributed by atoms with Crippen molar-refractivity contribution in [2.24, 2.45) is 52.3 Å². The van der Waals surface area contributed by atoms with E-state index in [1.807, 2.05) is 95.6 Å². The number of pyridine rings is 1. The van der Waals surface area contributed by atoms with Crippen LogP contribution in [-0.4, -0.2) is 162 Å². The number of aromatic nitrogens is 7. The number of carbonyl (C=O) groups excluding carboxylic acids is 3. The monoisotopic (exact) mass is 1930 g/mol. The highest BCUT2D eigenvalue weighted by atomic mass is 16.2. The Kier molecular flexibility index (Phi) is 26.6. The van der Waals surface area contributed by atoms with Crippen LogP contribution in [0.25, 0.3) is 57.9 Å². The molecule has 4 aromatic heterocycles. The number of benzene rings is 4. The summed E-state index contributed by atoms with van der Waals surface area (Å²) in [5.41, 5.74) is 10.6. The predicted octanol–water partition coefficient (Wildman–Crippen LogP) is 19.5. The number of hydrogen-bond acceptors (Lipinski definition) is 18. The minimum Gasteiger partial charge on any atom is -0.349 e. The molecule has 22 heteroatoms. The van der Waals surface area contributed by atoms with Crippen LogP contribution in [0.15, 0.2) is 179 Å². The summed E-state index contributed by atoms with van der Waals surface area (Å²) in [6.45, 7) is 11.7. The van der Waals surface area contributed by atoms with E-state index in [4.69, 9.17) is 9.97 Å². The van der Waals surface area contributed by atoms with E-state index < -0.39 is 0 Å². The molecule has 16 fully saturated rings. The maximum Gasteiger partial charge on any atom is 0.279 e. The number of fused-ring (bicyclic) bond motifs is 20. The van der Waals surface area contributed by atoms with Crippen LogP contribution in [0.1, 0.15) is 312 Å². The lowest BCUT2D eigenvalue weighted by atomic mass is 9.68. The molecule has 16 atom stereocenters. The molecule has 4 aromatic carbocycles. The third kappa shape index (κ3) is 18.6. The molecule has 2 amide bonds. The van der Waals surface area contributed by atoms with Gasteiger partial charge in [-0.2, -0.15) is 0 Å². The van der Waals surface area contributed by atoms with E-state index in [-0.39, 0.29) is 52.9 Å². The van der Waals surface area contributed by atoms with Gasteiger partial charge in [0.05, 0.1) is 73.6 Å². The second-order valence-electron chi connectivity index (χ2n) is 48.0. The Labute approximate surface area is 848 Å². The Hall–Kier alpha value is -10.7. The quantitative estimate of drug-likeness (QED) is 0.116. The zero-order valence-corrected chi connectivity index (χ0v) is 84.6. The molecule has 144 heavy (non-hydrogen) atoms. The molecule has 752 valence electrons. The molecule has 9 aliphatic carbocycles. The summed E-state index contributed by atoms with van der Waals surface area (Å²) < 4.78 is 4.12. The fourth-order valence-corrected chi connectivity index (χ4v) is 33.8. The van der Waals surface area contributed by atoms with E-state index in [2.05, 4.69) is 126 Å². The van der Waals surface area contributed by atoms with Crippen molar-refractivity contribution in [1.82, 2.24) is 59.0 Å². The van der Waals surface area contributed by atoms with Gasteiger partial charge in [0.1, 0.15) is 28.3 Å². The zero-order chi connectivity index (χ0) is 96.9. The van der Waals surface area contributed by atoms with Gasteiger partial charge in [-0.05, 0) is 300 Å². The average Bonchev–Trinajstić information content (AvgIpc) is 0.753. The average molecular weight is 1930 g/mol. The second-order valence-corrected chi connectivity index (χ2v) is 48.0. The number of para-hydroxylation sites is 8. The first kappa shape index (κ1) is 94.3. The molecule has 8 aromatic rings. The first-order valence-corrected chi connectivity index (χ1v) is 56.9. The van der Waals surface area contributed by atoms with Crippen molar-refractivity contribution in [1.29, 1.82) is 0 Å². The van der Waals surface area contributed by atoms with Crippen LogP contribution in [0.3, 0.4) is 0 Å². The molecule has 22 nitrogen and oxygen atoms in total. The van der Waals surface area contributed by atoms with E-state index in [0.717, 1.165) is 173 Å². The Morgan fingerprint density at radius 3 is 1.10 bits per heavy atom. The summed E-state index contributed by atoms with van der Waals surface area (Å²) in [5.74, 6) is 8.20. The Bertz CT molecular complexity index is 6410. The number of carbonyl (C=O) groups is 3. The largest absolute Gasteiger partial charge is 0.349 e. The van der Waals surface area contributed by atoms with Gasteiger partial charge < -0.3 is 34.9 Å². The highest BCUT2D eigenvalue weighted by molar-refractivity contribution is 6.29. The maximum atomic E-state index is 14.1. The topological polar surface area (TPSA) is 228 Å². The van der Waals surface area contributed by atoms with Gasteiger partial charge >= 0.3 is 0 Å². The lowest BCUT2D eigenvalue weighted by Gasteiger charge is -2.56. The van der Waals surface area contributed by atoms with Crippen LogP contribution < -0.4 is 58.1 Å². The summed E-state index contributed by atoms with van der Waals surface area (Å²) in [7, 11) is 0. The number of piperidine rings is 8. The third-order valence-electron chi connectivity index (χ3n) is 39.2. The summed E-state index contributed by atoms with van der Waals surface area (Å²) in [5, 5.41) is 12.7. The number of Topliss-reactive ketones (excluding diaryl/α,β-unsaturated/α-hetero) is 1. The molecule has 3 N–H and O–H groups in total. The normalized spacial score (nSPS) is 35.1. The number of nitrogens with zero attached hydrogens (tertiary/aromatic N) is 14. The van der Waals surface area contributed by atoms with Crippen molar-refractivity contribution < 1.29 is 14.4 Å². The molecular formula is C122H149N17O5. The fourth-order valence-electron chi connectivity index (χ4n) is 33.8. The zero-order valence-electron chi connectivity index (χ0n) is 84.6. The minimum absolute atomic E-state index is 0.000674. The van der Waals surface area contributed by atoms with Crippen molar-refractivity contribution in [2.45, 2.75) is 386 Å². The summed E-state index contributed by atoms with van der Waals surface area (Å²) in [6.07, 6.45) is 72.8. The van der Waals surface area contributed by atoms with Gasteiger partial charge in [-0.1, -0.05) is 183 Å². The van der Waals surface area contributed by atoms with Crippen LogP contribution in [0.5, 0.6) is 0 Å². The first-order valence-electron chi connectivity index (χ1n) is 56.9. The minimum atomic E-state index is -0.0904. The van der Waals surface area contributed by atoms with Crippen molar-refractivity contribution >= 4 is 104 Å². The van der Waals surface area contributed by atoms with E-state index in [1.165, 1.54) is 231 Å². The third-order valence-corrected chi connectivity index (χ3v) is 39.2. The van der Waals surface area contributed by atoms with Gasteiger partial charge in [-0.25, -0.2) is 15.0 Å². The highest BCUT2D eigenvalue weighted by Gasteiger charge is 2.54. The van der Waals surface area contributed by atoms with E-state index in [1.54, 1.807) is 30.9 Å². The molecule has 16 unspecified atom stereocenters. The van der Waals surface area contributed by atoms with Gasteiger partial charge in [-0.15, -0.1) is 0 Å². The van der Waals surface area contributed by atoms with Crippen LogP contribution >= 0.6 is 0 Å². The summed E-state index contributed by atoms with van der Waals surface area (Å²) in [4.78, 5) is 112. The van der Waals surface area contributed by atoms with Crippen molar-refractivity contribution in [3.05, 3.63) is 218 Å². The van der Waals surface area contributed by atoms with Gasteiger partial charge in [0.2, 0.25) is 0 Å². The standard InChI is InChI=1S/C31H38N4O.C31H37N3O2.2C30H37N5O/c1-20-12-13-23(19-32-20)30-31(36)35(29-11-3-2-10-28(29)33-30)27-17-24-8-5-9-25(18-27)34(24)26-15-21-6-4-7-22(14-21)16-26;35-29-14-4-1-11-26(29)30-31(36)34(28-13-3-2-12-27(28)32-30)25-18-22-9-6-10-23(19-25)33(22)24-16-20-7-5-8-21(15-20)17-24;1-19-17-32-27(18-31-19)29-30(36)35(28-11-3-2-10-26(28)33-29)25-15-22-8-5-9-23(16-25)34(22)24-13-20-6-4-7-21(12-20)14-24;1-19-31-13-12-27(32-19)29-30(36)35(28-11-3-2-10-26(28)33-29)25-17-22-8-5-9-23(18-25)34(22)24-15-20-6-4-7-21(14-20)16-24/h2-3,10-13,19,21-22,24-27,33H,1,4-9,14-18H2;1-4,11-13,20-25H,5-10,14-19H2;2-3,10-11,17-18,20-25,33H,1,4-9,12-16H2;2-3,10-13,20-25,32H,1,4-9,14-18H2. The van der Waals surface area contributed by atoms with Gasteiger partial charge in [-0.3, -0.25) is 58.5 Å². The second kappa shape index (κ2) is 40.5. The van der Waals surface area contributed by atoms with Gasteiger partial charge in [0, 0.05) is 126 Å². The summed E-state index contributed by atoms with van der Waals surface area (Å²) >= 11 is 0. The van der Waals surface area contributed by atoms with E-state index in [9.17, 15) is 24.0 Å². The molecule has 20 aliphatic rings. The predicted molar refractivity (Wildman–Crippen MR) is 575 cm³/mol. The molecule has 0 radical (unpaired) electrons. The van der Waals surface area contributed by atoms with Crippen molar-refractivity contribution in [3.63, 3.8) is 0 Å². The molecular weight excluding hydrogens is 1780 g/mol. The van der Waals surface area contributed by atoms with Crippen molar-refractivity contribution in [2.75, 3.05) is 20.4 Å². The lowest BCUT2D eigenvalue weighted by Crippen LogP contribution is -2.62. The number of ketones is 1. The molecule has 15 heterocycles. The Balaban J connectivity index is 0.000000101. The smallest absolute Gasteiger partial charge is 0.279 e. The molecule has 16 bridgehead atoms. The van der Waals surface area contributed by atoms with Gasteiger partial charge in [0.25, 0.3) is 22.9 Å². The SMILES string of the molecule is C=C1N=CC=C(c2nc3ccccc3n(C3CC4CCCC(C3)N4C3CC4CCCC(C4)C3)c2=O)N1.C=c1ccc(=C2Nc3ccccc3N(C3CC4CCCC(C3)N4C3CC4CCCC(C4)C3)C2=O)cn1.C=c1cnc(=C2Nc3ccccc3N(C3CC4CCCC(C3)N4C3CC4CCCC(C4)C3)C2=O)cn1.O=C1CC=CC=C1c1nc2ccccc2n(C2CC3CCCC(C2)N3C2CC3CCCC(C3)C2)c1=O. The number of rotatable bonds is 10. The van der Waals surface area contributed by atoms with Crippen LogP contribution in [0, 0.1) is 47.3 Å². The number of allylic oxidation sites excluding steroid dienone is 5. The maximum absolute atomic E-state index is 14.1. The number of anilines is 4. The van der Waals surface area contributed by atoms with Crippen LogP contribution in [0.2, 0.25) is 0 Å². The number of hydrogen-bond donors (Lipinski definition) is 3. The Morgan fingerprint density at radius 2 is 0.694 bits per heavy atom. The fraction of sp³-hybridized carbons (Fsp3) is 0.566. The van der Waals surface area contributed by atoms with Crippen molar-refractivity contribution in [3.8, 4) is 0 Å². The molecule has 0 spiro atoms. The number of amides is 2.